The van der Waals surface area contributed by atoms with Crippen LogP contribution in [-0.4, -0.2) is 58.8 Å². The first-order valence-electron chi connectivity index (χ1n) is 15.3. The second-order valence-electron chi connectivity index (χ2n) is 11.0. The molecule has 0 saturated carbocycles. The highest BCUT2D eigenvalue weighted by Gasteiger charge is 2.26. The Kier molecular flexibility index (Phi) is 23.6. The van der Waals surface area contributed by atoms with Gasteiger partial charge in [0.2, 0.25) is 0 Å². The lowest BCUT2D eigenvalue weighted by molar-refractivity contribution is -0.929. The van der Waals surface area contributed by atoms with Crippen molar-refractivity contribution in [3.8, 4) is 0 Å². The van der Waals surface area contributed by atoms with Crippen molar-refractivity contribution in [3.63, 3.8) is 0 Å². The molecule has 0 aromatic rings. The van der Waals surface area contributed by atoms with Gasteiger partial charge in [-0.1, -0.05) is 77.6 Å². The minimum Gasteiger partial charge on any atom is -0.550 e. The Morgan fingerprint density at radius 1 is 0.486 bits per heavy atom. The molecule has 0 saturated heterocycles. The van der Waals surface area contributed by atoms with Crippen LogP contribution in [-0.2, 0) is 14.4 Å². The van der Waals surface area contributed by atoms with Gasteiger partial charge in [-0.05, 0) is 57.8 Å². The minimum atomic E-state index is -1.02. The number of rotatable bonds is 29. The fourth-order valence-electron chi connectivity index (χ4n) is 5.30. The van der Waals surface area contributed by atoms with Gasteiger partial charge in [-0.2, -0.15) is 0 Å². The van der Waals surface area contributed by atoms with Gasteiger partial charge in [0.1, 0.15) is 0 Å². The van der Waals surface area contributed by atoms with E-state index in [1.807, 2.05) is 0 Å². The summed E-state index contributed by atoms with van der Waals surface area (Å²) in [6.45, 7) is 5.88. The van der Waals surface area contributed by atoms with Crippen LogP contribution < -0.4 is 5.11 Å². The van der Waals surface area contributed by atoms with Gasteiger partial charge in [-0.25, -0.2) is 0 Å². The summed E-state index contributed by atoms with van der Waals surface area (Å²) in [6, 6.07) is 0. The molecule has 0 aliphatic heterocycles. The van der Waals surface area contributed by atoms with Gasteiger partial charge < -0.3 is 24.6 Å². The van der Waals surface area contributed by atoms with Gasteiger partial charge >= 0.3 is 11.9 Å². The monoisotopic (exact) mass is 527 g/mol. The lowest BCUT2D eigenvalue weighted by atomic mass is 10.0. The number of nitrogens with zero attached hydrogens (tertiary/aromatic N) is 1. The van der Waals surface area contributed by atoms with Crippen molar-refractivity contribution in [1.82, 2.24) is 0 Å². The Balaban J connectivity index is 4.55. The number of hydrogen-bond donors (Lipinski definition) is 2. The van der Waals surface area contributed by atoms with E-state index in [2.05, 4.69) is 6.92 Å². The van der Waals surface area contributed by atoms with E-state index >= 15 is 0 Å². The number of carbonyl (C=O) groups excluding carboxylic acids is 1. The predicted molar refractivity (Wildman–Crippen MR) is 147 cm³/mol. The van der Waals surface area contributed by atoms with Crippen LogP contribution >= 0.6 is 0 Å². The molecule has 7 nitrogen and oxygen atoms in total. The maximum Gasteiger partial charge on any atom is 0.303 e. The molecule has 0 atom stereocenters. The second kappa shape index (κ2) is 24.7. The summed E-state index contributed by atoms with van der Waals surface area (Å²) in [7, 11) is 0. The molecule has 0 unspecified atom stereocenters. The molecule has 0 aromatic carbocycles. The molecule has 0 aliphatic carbocycles. The third kappa shape index (κ3) is 24.5. The molecule has 2 N–H and O–H groups in total. The largest absolute Gasteiger partial charge is 0.550 e. The Morgan fingerprint density at radius 3 is 1.11 bits per heavy atom. The topological polar surface area (TPSA) is 115 Å². The van der Waals surface area contributed by atoms with E-state index in [4.69, 9.17) is 10.2 Å². The Morgan fingerprint density at radius 2 is 0.784 bits per heavy atom. The lowest BCUT2D eigenvalue weighted by Gasteiger charge is -2.39. The van der Waals surface area contributed by atoms with E-state index in [1.54, 1.807) is 0 Å². The van der Waals surface area contributed by atoms with Gasteiger partial charge in [0, 0.05) is 18.8 Å². The second-order valence-corrected chi connectivity index (χ2v) is 11.0. The Labute approximate surface area is 226 Å². The molecule has 7 heteroatoms. The van der Waals surface area contributed by atoms with Crippen LogP contribution in [0, 0.1) is 0 Å². The molecule has 0 aliphatic rings. The Hall–Kier alpha value is -1.63. The lowest BCUT2D eigenvalue weighted by Crippen LogP contribution is -2.51. The predicted octanol–water partition coefficient (Wildman–Crippen LogP) is 6.32. The molecule has 0 aromatic heterocycles. The number of carbonyl (C=O) groups is 3. The molecular weight excluding hydrogens is 470 g/mol. The van der Waals surface area contributed by atoms with Gasteiger partial charge in [0.25, 0.3) is 0 Å². The van der Waals surface area contributed by atoms with Crippen molar-refractivity contribution >= 4 is 17.9 Å². The first kappa shape index (κ1) is 35.4. The summed E-state index contributed by atoms with van der Waals surface area (Å²) < 4.78 is 0.852. The van der Waals surface area contributed by atoms with Gasteiger partial charge in [-0.3, -0.25) is 9.59 Å². The molecule has 0 spiro atoms. The molecule has 0 amide bonds. The smallest absolute Gasteiger partial charge is 0.303 e. The molecule has 0 radical (unpaired) electrons. The SMILES string of the molecule is CCCCCCCCCCCCCCC[N+](CCCCC(=O)[O-])(CCCCC(=O)O)CCCCC(=O)O. The molecule has 218 valence electrons. The van der Waals surface area contributed by atoms with E-state index in [0.717, 1.165) is 56.3 Å². The van der Waals surface area contributed by atoms with Crippen LogP contribution in [0.2, 0.25) is 0 Å². The number of carboxylic acid groups (broad SMARTS) is 3. The number of unbranched alkanes of at least 4 members (excludes halogenated alkanes) is 15. The van der Waals surface area contributed by atoms with Crippen LogP contribution in [0.25, 0.3) is 0 Å². The molecule has 0 bridgehead atoms. The van der Waals surface area contributed by atoms with Crippen molar-refractivity contribution in [1.29, 1.82) is 0 Å². The fraction of sp³-hybridized carbons (Fsp3) is 0.900. The third-order valence-corrected chi connectivity index (χ3v) is 7.55. The van der Waals surface area contributed by atoms with Crippen LogP contribution in [0.5, 0.6) is 0 Å². The number of quaternary nitrogens is 1. The van der Waals surface area contributed by atoms with E-state index in [1.165, 1.54) is 77.0 Å². The third-order valence-electron chi connectivity index (χ3n) is 7.55. The molecule has 0 heterocycles. The van der Waals surface area contributed by atoms with Crippen LogP contribution in [0.1, 0.15) is 148 Å². The summed E-state index contributed by atoms with van der Waals surface area (Å²) in [5.74, 6) is -2.56. The highest BCUT2D eigenvalue weighted by Crippen LogP contribution is 2.20. The summed E-state index contributed by atoms with van der Waals surface area (Å²) in [5, 5.41) is 28.9. The van der Waals surface area contributed by atoms with Crippen LogP contribution in [0.4, 0.5) is 0 Å². The minimum absolute atomic E-state index is 0.0662. The van der Waals surface area contributed by atoms with Crippen molar-refractivity contribution < 1.29 is 34.2 Å². The van der Waals surface area contributed by atoms with Gasteiger partial charge in [0.05, 0.1) is 26.2 Å². The summed E-state index contributed by atoms with van der Waals surface area (Å²) in [4.78, 5) is 32.8. The summed E-state index contributed by atoms with van der Waals surface area (Å²) in [5.41, 5.74) is 0. The number of hydrogen-bond acceptors (Lipinski definition) is 4. The molecule has 0 fully saturated rings. The van der Waals surface area contributed by atoms with Gasteiger partial charge in [0.15, 0.2) is 0 Å². The molecule has 37 heavy (non-hydrogen) atoms. The van der Waals surface area contributed by atoms with E-state index in [-0.39, 0.29) is 19.3 Å². The highest BCUT2D eigenvalue weighted by atomic mass is 16.4. The van der Waals surface area contributed by atoms with E-state index in [9.17, 15) is 19.5 Å². The number of carboxylic acids is 3. The van der Waals surface area contributed by atoms with Crippen LogP contribution in [0.3, 0.4) is 0 Å². The van der Waals surface area contributed by atoms with Crippen molar-refractivity contribution in [3.05, 3.63) is 0 Å². The average Bonchev–Trinajstić information content (AvgIpc) is 2.84. The summed E-state index contributed by atoms with van der Waals surface area (Å²) in [6.07, 6.45) is 21.7. The van der Waals surface area contributed by atoms with Crippen molar-refractivity contribution in [2.45, 2.75) is 148 Å². The highest BCUT2D eigenvalue weighted by molar-refractivity contribution is 5.66. The first-order chi connectivity index (χ1) is 17.8. The zero-order valence-corrected chi connectivity index (χ0v) is 23.9. The van der Waals surface area contributed by atoms with Crippen molar-refractivity contribution in [2.24, 2.45) is 0 Å². The molecule has 0 rings (SSSR count). The summed E-state index contributed by atoms with van der Waals surface area (Å²) >= 11 is 0. The maximum absolute atomic E-state index is 11.0. The van der Waals surface area contributed by atoms with Crippen molar-refractivity contribution in [2.75, 3.05) is 26.2 Å². The number of aliphatic carboxylic acids is 3. The quantitative estimate of drug-likeness (QED) is 0.0868. The average molecular weight is 528 g/mol. The zero-order chi connectivity index (χ0) is 27.6. The van der Waals surface area contributed by atoms with Crippen LogP contribution in [0.15, 0.2) is 0 Å². The van der Waals surface area contributed by atoms with Gasteiger partial charge in [-0.15, -0.1) is 0 Å². The Bertz CT molecular complexity index is 525. The van der Waals surface area contributed by atoms with E-state index in [0.29, 0.717) is 19.3 Å². The zero-order valence-electron chi connectivity index (χ0n) is 23.9. The normalized spacial score (nSPS) is 11.6. The van der Waals surface area contributed by atoms with E-state index < -0.39 is 17.9 Å². The molecular formula is C30H57NO6. The fourth-order valence-corrected chi connectivity index (χ4v) is 5.30. The first-order valence-corrected chi connectivity index (χ1v) is 15.3. The maximum atomic E-state index is 11.0. The standard InChI is InChI=1S/C30H57NO6/c1-2-3-4-5-6-7-8-9-10-11-12-13-17-24-31(25-18-14-21-28(32)33,26-19-15-22-29(34)35)27-20-16-23-30(36)37/h2-27H2,1H3,(H2-,32,33,34,35,36,37).